The third-order valence-electron chi connectivity index (χ3n) is 5.11. The molecule has 0 unspecified atom stereocenters. The number of ether oxygens (including phenoxy) is 1. The number of carbonyl (C=O) groups is 1. The van der Waals surface area contributed by atoms with Crippen molar-refractivity contribution in [3.63, 3.8) is 0 Å². The number of aromatic nitrogens is 4. The molecule has 0 N–H and O–H groups in total. The Kier molecular flexibility index (Phi) is 5.78. The second-order valence-corrected chi connectivity index (χ2v) is 8.74. The Morgan fingerprint density at radius 2 is 1.97 bits per heavy atom. The van der Waals surface area contributed by atoms with Crippen LogP contribution in [0.25, 0.3) is 16.4 Å². The van der Waals surface area contributed by atoms with Crippen molar-refractivity contribution in [1.29, 1.82) is 0 Å². The SMILES string of the molecule is COc1ccccc1-n1c(SCC(=O)c2cc(C)n(C)c2C)nnc1-c1cccs1. The van der Waals surface area contributed by atoms with Gasteiger partial charge in [-0.2, -0.15) is 0 Å². The minimum absolute atomic E-state index is 0.0773. The van der Waals surface area contributed by atoms with E-state index in [-0.39, 0.29) is 11.5 Å². The van der Waals surface area contributed by atoms with Gasteiger partial charge in [0.15, 0.2) is 16.8 Å². The van der Waals surface area contributed by atoms with Gasteiger partial charge in [0.2, 0.25) is 0 Å². The van der Waals surface area contributed by atoms with Crippen LogP contribution in [0.4, 0.5) is 0 Å². The fourth-order valence-electron chi connectivity index (χ4n) is 3.31. The molecule has 154 valence electrons. The molecule has 0 bridgehead atoms. The summed E-state index contributed by atoms with van der Waals surface area (Å²) in [6.45, 7) is 3.97. The van der Waals surface area contributed by atoms with E-state index < -0.39 is 0 Å². The van der Waals surface area contributed by atoms with Crippen molar-refractivity contribution in [2.75, 3.05) is 12.9 Å². The molecule has 4 aromatic rings. The number of ketones is 1. The van der Waals surface area contributed by atoms with E-state index >= 15 is 0 Å². The lowest BCUT2D eigenvalue weighted by atomic mass is 10.2. The van der Waals surface area contributed by atoms with Gasteiger partial charge in [0.1, 0.15) is 5.75 Å². The predicted octanol–water partition coefficient (Wildman–Crippen LogP) is 4.93. The van der Waals surface area contributed by atoms with Gasteiger partial charge >= 0.3 is 0 Å². The molecule has 1 aromatic carbocycles. The van der Waals surface area contributed by atoms with E-state index in [0.717, 1.165) is 39.1 Å². The van der Waals surface area contributed by atoms with Gasteiger partial charge in [-0.25, -0.2) is 0 Å². The number of methoxy groups -OCH3 is 1. The average molecular weight is 439 g/mol. The maximum absolute atomic E-state index is 12.9. The summed E-state index contributed by atoms with van der Waals surface area (Å²) in [7, 11) is 3.62. The largest absolute Gasteiger partial charge is 0.495 e. The second-order valence-electron chi connectivity index (χ2n) is 6.85. The normalized spacial score (nSPS) is 11.1. The van der Waals surface area contributed by atoms with Crippen LogP contribution in [0.3, 0.4) is 0 Å². The van der Waals surface area contributed by atoms with Crippen LogP contribution in [0.1, 0.15) is 21.7 Å². The third-order valence-corrected chi connectivity index (χ3v) is 6.90. The molecule has 0 aliphatic rings. The second kappa shape index (κ2) is 8.49. The first-order chi connectivity index (χ1) is 14.5. The zero-order valence-corrected chi connectivity index (χ0v) is 18.9. The quantitative estimate of drug-likeness (QED) is 0.302. The summed E-state index contributed by atoms with van der Waals surface area (Å²) < 4.78 is 9.57. The summed E-state index contributed by atoms with van der Waals surface area (Å²) in [4.78, 5) is 13.9. The number of carbonyl (C=O) groups excluding carboxylic acids is 1. The number of benzene rings is 1. The van der Waals surface area contributed by atoms with E-state index in [1.807, 2.05) is 77.9 Å². The Bertz CT molecular complexity index is 1190. The highest BCUT2D eigenvalue weighted by Crippen LogP contribution is 2.34. The van der Waals surface area contributed by atoms with Crippen molar-refractivity contribution in [1.82, 2.24) is 19.3 Å². The van der Waals surface area contributed by atoms with Crippen molar-refractivity contribution in [2.45, 2.75) is 19.0 Å². The molecule has 0 saturated carbocycles. The van der Waals surface area contributed by atoms with Crippen LogP contribution >= 0.6 is 23.1 Å². The zero-order chi connectivity index (χ0) is 21.3. The molecule has 0 radical (unpaired) electrons. The molecule has 0 fully saturated rings. The van der Waals surface area contributed by atoms with Crippen LogP contribution in [-0.2, 0) is 7.05 Å². The molecule has 0 amide bonds. The predicted molar refractivity (Wildman–Crippen MR) is 121 cm³/mol. The molecule has 0 aliphatic carbocycles. The Hall–Kier alpha value is -2.84. The van der Waals surface area contributed by atoms with Crippen LogP contribution in [0.2, 0.25) is 0 Å². The van der Waals surface area contributed by atoms with Gasteiger partial charge in [-0.3, -0.25) is 9.36 Å². The lowest BCUT2D eigenvalue weighted by Gasteiger charge is -2.13. The Morgan fingerprint density at radius 1 is 1.17 bits per heavy atom. The van der Waals surface area contributed by atoms with Crippen LogP contribution in [-0.4, -0.2) is 38.0 Å². The molecule has 3 aromatic heterocycles. The molecule has 6 nitrogen and oxygen atoms in total. The maximum atomic E-state index is 12.9. The summed E-state index contributed by atoms with van der Waals surface area (Å²) in [5, 5.41) is 11.5. The van der Waals surface area contributed by atoms with E-state index in [0.29, 0.717) is 5.16 Å². The Labute approximate surface area is 183 Å². The van der Waals surface area contributed by atoms with Crippen LogP contribution in [0.5, 0.6) is 5.75 Å². The summed E-state index contributed by atoms with van der Waals surface area (Å²) in [5.41, 5.74) is 3.64. The number of rotatable bonds is 7. The molecular formula is C22H22N4O2S2. The highest BCUT2D eigenvalue weighted by Gasteiger charge is 2.21. The first-order valence-electron chi connectivity index (χ1n) is 9.43. The minimum atomic E-state index is 0.0773. The van der Waals surface area contributed by atoms with Crippen molar-refractivity contribution in [2.24, 2.45) is 7.05 Å². The Balaban J connectivity index is 1.70. The Morgan fingerprint density at radius 3 is 2.63 bits per heavy atom. The molecule has 0 spiro atoms. The number of hydrogen-bond donors (Lipinski definition) is 0. The van der Waals surface area contributed by atoms with E-state index in [2.05, 4.69) is 10.2 Å². The van der Waals surface area contributed by atoms with Crippen molar-refractivity contribution in [3.8, 4) is 22.1 Å². The maximum Gasteiger partial charge on any atom is 0.196 e. The molecule has 3 heterocycles. The van der Waals surface area contributed by atoms with Gasteiger partial charge in [0.25, 0.3) is 0 Å². The van der Waals surface area contributed by atoms with E-state index in [1.165, 1.54) is 11.8 Å². The number of nitrogens with zero attached hydrogens (tertiary/aromatic N) is 4. The number of Topliss-reactive ketones (excluding diaryl/α,β-unsaturated/α-hetero) is 1. The summed E-state index contributed by atoms with van der Waals surface area (Å²) in [5.74, 6) is 1.81. The molecule has 4 rings (SSSR count). The fourth-order valence-corrected chi connectivity index (χ4v) is 4.83. The summed E-state index contributed by atoms with van der Waals surface area (Å²) in [6.07, 6.45) is 0. The van der Waals surface area contributed by atoms with Gasteiger partial charge < -0.3 is 9.30 Å². The molecule has 0 atom stereocenters. The number of hydrogen-bond acceptors (Lipinski definition) is 6. The van der Waals surface area contributed by atoms with E-state index in [4.69, 9.17) is 4.74 Å². The van der Waals surface area contributed by atoms with Gasteiger partial charge in [-0.05, 0) is 43.5 Å². The number of para-hydroxylation sites is 2. The summed E-state index contributed by atoms with van der Waals surface area (Å²) >= 11 is 2.98. The molecule has 0 saturated heterocycles. The van der Waals surface area contributed by atoms with Gasteiger partial charge in [-0.15, -0.1) is 21.5 Å². The highest BCUT2D eigenvalue weighted by molar-refractivity contribution is 7.99. The van der Waals surface area contributed by atoms with Crippen molar-refractivity contribution < 1.29 is 9.53 Å². The first kappa shape index (κ1) is 20.4. The van der Waals surface area contributed by atoms with Crippen LogP contribution in [0.15, 0.2) is 53.0 Å². The number of thiophene rings is 1. The van der Waals surface area contributed by atoms with E-state index in [1.54, 1.807) is 18.4 Å². The molecular weight excluding hydrogens is 416 g/mol. The monoisotopic (exact) mass is 438 g/mol. The topological polar surface area (TPSA) is 61.9 Å². The van der Waals surface area contributed by atoms with E-state index in [9.17, 15) is 4.79 Å². The van der Waals surface area contributed by atoms with Gasteiger partial charge in [-0.1, -0.05) is 30.0 Å². The van der Waals surface area contributed by atoms with Gasteiger partial charge in [0.05, 0.1) is 23.4 Å². The number of aryl methyl sites for hydroxylation is 1. The minimum Gasteiger partial charge on any atom is -0.495 e. The standard InChI is InChI=1S/C22H22N4O2S2/c1-14-12-16(15(2)25(14)3)18(27)13-30-22-24-23-21(20-10-7-11-29-20)26(22)17-8-5-6-9-19(17)28-4/h5-12H,13H2,1-4H3. The molecule has 0 aliphatic heterocycles. The fraction of sp³-hybridized carbons (Fsp3) is 0.227. The smallest absolute Gasteiger partial charge is 0.196 e. The third kappa shape index (κ3) is 3.68. The number of thioether (sulfide) groups is 1. The lowest BCUT2D eigenvalue weighted by Crippen LogP contribution is -2.07. The van der Waals surface area contributed by atoms with Crippen LogP contribution in [0, 0.1) is 13.8 Å². The van der Waals surface area contributed by atoms with Crippen molar-refractivity contribution in [3.05, 3.63) is 64.8 Å². The summed E-state index contributed by atoms with van der Waals surface area (Å²) in [6, 6.07) is 13.7. The molecule has 30 heavy (non-hydrogen) atoms. The lowest BCUT2D eigenvalue weighted by molar-refractivity contribution is 0.102. The highest BCUT2D eigenvalue weighted by atomic mass is 32.2. The average Bonchev–Trinajstić information content (AvgIpc) is 3.48. The zero-order valence-electron chi connectivity index (χ0n) is 17.2. The van der Waals surface area contributed by atoms with Crippen LogP contribution < -0.4 is 4.74 Å². The van der Waals surface area contributed by atoms with Crippen molar-refractivity contribution >= 4 is 28.9 Å². The van der Waals surface area contributed by atoms with Gasteiger partial charge in [0, 0.05) is 24.0 Å². The first-order valence-corrected chi connectivity index (χ1v) is 11.3. The molecule has 8 heteroatoms.